The lowest BCUT2D eigenvalue weighted by molar-refractivity contribution is 1.05. The van der Waals surface area contributed by atoms with Gasteiger partial charge in [-0.2, -0.15) is 5.26 Å². The molecule has 1 aromatic heterocycles. The van der Waals surface area contributed by atoms with Gasteiger partial charge in [0, 0.05) is 4.47 Å². The Bertz CT molecular complexity index is 679. The summed E-state index contributed by atoms with van der Waals surface area (Å²) in [4.78, 5) is 8.57. The largest absolute Gasteiger partial charge is 0.337 e. The first-order valence-electron chi connectivity index (χ1n) is 5.48. The third-order valence-electron chi connectivity index (χ3n) is 2.62. The number of hydrogen-bond acceptors (Lipinski definition) is 4. The van der Waals surface area contributed by atoms with Gasteiger partial charge in [0.05, 0.1) is 28.7 Å². The molecule has 1 heterocycles. The highest BCUT2D eigenvalue weighted by atomic mass is 79.9. The Morgan fingerprint density at radius 3 is 2.58 bits per heavy atom. The second-order valence-electron chi connectivity index (χ2n) is 3.97. The number of nitrogens with one attached hydrogen (secondary N) is 1. The van der Waals surface area contributed by atoms with Crippen molar-refractivity contribution in [2.24, 2.45) is 0 Å². The molecule has 0 bridgehead atoms. The fraction of sp³-hybridized carbons (Fsp3) is 0.154. The number of halogens is 2. The summed E-state index contributed by atoms with van der Waals surface area (Å²) in [7, 11) is 0. The van der Waals surface area contributed by atoms with E-state index < -0.39 is 0 Å². The Kier molecular flexibility index (Phi) is 4.03. The van der Waals surface area contributed by atoms with Gasteiger partial charge in [0.15, 0.2) is 11.0 Å². The van der Waals surface area contributed by atoms with E-state index in [4.69, 9.17) is 16.9 Å². The van der Waals surface area contributed by atoms with Crippen LogP contribution in [-0.2, 0) is 0 Å². The Balaban J connectivity index is 2.37. The molecule has 0 atom stereocenters. The summed E-state index contributed by atoms with van der Waals surface area (Å²) >= 11 is 9.46. The van der Waals surface area contributed by atoms with E-state index in [2.05, 4.69) is 37.3 Å². The van der Waals surface area contributed by atoms with E-state index in [1.165, 1.54) is 0 Å². The van der Waals surface area contributed by atoms with Gasteiger partial charge in [0.1, 0.15) is 0 Å². The first kappa shape index (κ1) is 13.8. The molecule has 1 N–H and O–H groups in total. The zero-order chi connectivity index (χ0) is 14.0. The summed E-state index contributed by atoms with van der Waals surface area (Å²) in [6, 6.07) is 7.31. The fourth-order valence-electron chi connectivity index (χ4n) is 1.47. The molecular weight excluding hydrogens is 328 g/mol. The number of aromatic nitrogens is 2. The summed E-state index contributed by atoms with van der Waals surface area (Å²) in [6.45, 7) is 3.73. The second-order valence-corrected chi connectivity index (χ2v) is 5.18. The molecule has 1 aromatic carbocycles. The molecule has 0 aliphatic heterocycles. The minimum absolute atomic E-state index is 0.319. The van der Waals surface area contributed by atoms with Crippen LogP contribution in [0.15, 0.2) is 22.7 Å². The lowest BCUT2D eigenvalue weighted by Gasteiger charge is -2.10. The SMILES string of the molecule is Cc1nc(Cl)c(Nc2ccc(C#N)cc2Br)nc1C. The lowest BCUT2D eigenvalue weighted by atomic mass is 10.2. The Labute approximate surface area is 124 Å². The number of anilines is 2. The third-order valence-corrected chi connectivity index (χ3v) is 3.54. The van der Waals surface area contributed by atoms with E-state index in [1.54, 1.807) is 18.2 Å². The average Bonchev–Trinajstić information content (AvgIpc) is 2.38. The quantitative estimate of drug-likeness (QED) is 0.895. The molecule has 2 rings (SSSR count). The van der Waals surface area contributed by atoms with Gasteiger partial charge >= 0.3 is 0 Å². The first-order chi connectivity index (χ1) is 9.01. The van der Waals surface area contributed by atoms with E-state index >= 15 is 0 Å². The molecular formula is C13H10BrClN4. The molecule has 19 heavy (non-hydrogen) atoms. The number of nitrogens with zero attached hydrogens (tertiary/aromatic N) is 3. The summed E-state index contributed by atoms with van der Waals surface area (Å²) in [5.74, 6) is 0.496. The summed E-state index contributed by atoms with van der Waals surface area (Å²) in [5.41, 5.74) is 2.97. The molecule has 0 spiro atoms. The molecule has 0 saturated carbocycles. The number of hydrogen-bond donors (Lipinski definition) is 1. The Morgan fingerprint density at radius 2 is 1.95 bits per heavy atom. The van der Waals surface area contributed by atoms with Crippen molar-refractivity contribution in [3.8, 4) is 6.07 Å². The summed E-state index contributed by atoms with van der Waals surface area (Å²) in [6.07, 6.45) is 0. The van der Waals surface area contributed by atoms with Crippen LogP contribution in [0.25, 0.3) is 0 Å². The topological polar surface area (TPSA) is 61.6 Å². The molecule has 0 amide bonds. The highest BCUT2D eigenvalue weighted by molar-refractivity contribution is 9.10. The van der Waals surface area contributed by atoms with Gasteiger partial charge in [-0.25, -0.2) is 9.97 Å². The van der Waals surface area contributed by atoms with Gasteiger partial charge < -0.3 is 5.32 Å². The van der Waals surface area contributed by atoms with E-state index in [0.29, 0.717) is 16.5 Å². The monoisotopic (exact) mass is 336 g/mol. The predicted molar refractivity (Wildman–Crippen MR) is 78.7 cm³/mol. The number of benzene rings is 1. The minimum Gasteiger partial charge on any atom is -0.337 e. The van der Waals surface area contributed by atoms with Crippen LogP contribution >= 0.6 is 27.5 Å². The average molecular weight is 338 g/mol. The van der Waals surface area contributed by atoms with Crippen LogP contribution in [0.1, 0.15) is 17.0 Å². The van der Waals surface area contributed by atoms with Gasteiger partial charge in [-0.1, -0.05) is 11.6 Å². The number of aryl methyl sites for hydroxylation is 2. The van der Waals surface area contributed by atoms with Crippen molar-refractivity contribution in [3.05, 3.63) is 44.8 Å². The van der Waals surface area contributed by atoms with E-state index in [9.17, 15) is 0 Å². The molecule has 0 aliphatic rings. The summed E-state index contributed by atoms with van der Waals surface area (Å²) in [5, 5.41) is 12.2. The van der Waals surface area contributed by atoms with Crippen LogP contribution in [0.5, 0.6) is 0 Å². The van der Waals surface area contributed by atoms with Crippen molar-refractivity contribution in [2.45, 2.75) is 13.8 Å². The molecule has 0 unspecified atom stereocenters. The van der Waals surface area contributed by atoms with Crippen LogP contribution in [0, 0.1) is 25.2 Å². The maximum atomic E-state index is 8.82. The maximum absolute atomic E-state index is 8.82. The fourth-order valence-corrected chi connectivity index (χ4v) is 2.16. The smallest absolute Gasteiger partial charge is 0.172 e. The molecule has 0 aliphatic carbocycles. The van der Waals surface area contributed by atoms with Gasteiger partial charge in [0.2, 0.25) is 0 Å². The van der Waals surface area contributed by atoms with Crippen molar-refractivity contribution >= 4 is 39.0 Å². The molecule has 96 valence electrons. The molecule has 4 nitrogen and oxygen atoms in total. The zero-order valence-electron chi connectivity index (χ0n) is 10.3. The van der Waals surface area contributed by atoms with Gasteiger partial charge in [-0.05, 0) is 48.0 Å². The van der Waals surface area contributed by atoms with Crippen LogP contribution in [0.4, 0.5) is 11.5 Å². The number of rotatable bonds is 2. The van der Waals surface area contributed by atoms with Crippen LogP contribution in [0.3, 0.4) is 0 Å². The van der Waals surface area contributed by atoms with Crippen molar-refractivity contribution in [1.29, 1.82) is 5.26 Å². The van der Waals surface area contributed by atoms with Crippen molar-refractivity contribution in [3.63, 3.8) is 0 Å². The van der Waals surface area contributed by atoms with Gasteiger partial charge in [0.25, 0.3) is 0 Å². The van der Waals surface area contributed by atoms with E-state index in [-0.39, 0.29) is 0 Å². The first-order valence-corrected chi connectivity index (χ1v) is 6.65. The van der Waals surface area contributed by atoms with E-state index in [1.807, 2.05) is 13.8 Å². The van der Waals surface area contributed by atoms with Crippen molar-refractivity contribution in [1.82, 2.24) is 9.97 Å². The standard InChI is InChI=1S/C13H10BrClN4/c1-7-8(2)18-13(12(15)17-7)19-11-4-3-9(6-16)5-10(11)14/h3-5H,1-2H3,(H,18,19). The Hall–Kier alpha value is -1.64. The number of nitriles is 1. The molecule has 0 radical (unpaired) electrons. The summed E-state index contributed by atoms with van der Waals surface area (Å²) < 4.78 is 0.766. The van der Waals surface area contributed by atoms with Crippen molar-refractivity contribution < 1.29 is 0 Å². The Morgan fingerprint density at radius 1 is 1.26 bits per heavy atom. The van der Waals surface area contributed by atoms with Crippen LogP contribution < -0.4 is 5.32 Å². The van der Waals surface area contributed by atoms with Crippen LogP contribution in [-0.4, -0.2) is 9.97 Å². The van der Waals surface area contributed by atoms with Gasteiger partial charge in [-0.15, -0.1) is 0 Å². The maximum Gasteiger partial charge on any atom is 0.172 e. The molecule has 0 fully saturated rings. The highest BCUT2D eigenvalue weighted by Gasteiger charge is 2.09. The molecule has 2 aromatic rings. The lowest BCUT2D eigenvalue weighted by Crippen LogP contribution is -2.01. The zero-order valence-corrected chi connectivity index (χ0v) is 12.7. The third kappa shape index (κ3) is 3.03. The normalized spacial score (nSPS) is 10.1. The second kappa shape index (κ2) is 5.55. The predicted octanol–water partition coefficient (Wildman–Crippen LogP) is 4.12. The van der Waals surface area contributed by atoms with Crippen LogP contribution in [0.2, 0.25) is 5.15 Å². The van der Waals surface area contributed by atoms with Gasteiger partial charge in [-0.3, -0.25) is 0 Å². The van der Waals surface area contributed by atoms with E-state index in [0.717, 1.165) is 21.5 Å². The van der Waals surface area contributed by atoms with Crippen molar-refractivity contribution in [2.75, 3.05) is 5.32 Å². The highest BCUT2D eigenvalue weighted by Crippen LogP contribution is 2.29. The molecule has 6 heteroatoms. The molecule has 0 saturated heterocycles. The minimum atomic E-state index is 0.319.